The predicted octanol–water partition coefficient (Wildman–Crippen LogP) is 3.29. The van der Waals surface area contributed by atoms with Crippen LogP contribution in [0.2, 0.25) is 0 Å². The van der Waals surface area contributed by atoms with Gasteiger partial charge >= 0.3 is 0 Å². The molecule has 3 heteroatoms. The average Bonchev–Trinajstić information content (AvgIpc) is 3.33. The SMILES string of the molecule is CN1CCC(N(C(=O)C23CC4CC(CC(C4)C2)C3)C2CC2)CC1. The van der Waals surface area contributed by atoms with Crippen molar-refractivity contribution in [2.24, 2.45) is 23.2 Å². The molecule has 5 saturated carbocycles. The van der Waals surface area contributed by atoms with E-state index in [1.807, 2.05) is 0 Å². The fraction of sp³-hybridized carbons (Fsp3) is 0.950. The molecule has 4 bridgehead atoms. The minimum absolute atomic E-state index is 0.0701. The van der Waals surface area contributed by atoms with Crippen LogP contribution < -0.4 is 0 Å². The molecule has 23 heavy (non-hydrogen) atoms. The summed E-state index contributed by atoms with van der Waals surface area (Å²) in [7, 11) is 2.22. The summed E-state index contributed by atoms with van der Waals surface area (Å²) in [6.45, 7) is 2.34. The molecule has 0 unspecified atom stereocenters. The van der Waals surface area contributed by atoms with Gasteiger partial charge in [0.1, 0.15) is 0 Å². The smallest absolute Gasteiger partial charge is 0.229 e. The highest BCUT2D eigenvalue weighted by molar-refractivity contribution is 5.84. The Balaban J connectivity index is 1.39. The Labute approximate surface area is 140 Å². The lowest BCUT2D eigenvalue weighted by molar-refractivity contribution is -0.161. The van der Waals surface area contributed by atoms with Gasteiger partial charge in [0.15, 0.2) is 0 Å². The Bertz CT molecular complexity index is 455. The molecule has 3 nitrogen and oxygen atoms in total. The van der Waals surface area contributed by atoms with Crippen LogP contribution in [0.15, 0.2) is 0 Å². The summed E-state index contributed by atoms with van der Waals surface area (Å²) in [5, 5.41) is 0. The molecule has 5 aliphatic carbocycles. The standard InChI is InChI=1S/C20H32N2O/c1-21-6-4-18(5-7-21)22(17-2-3-17)19(23)20-11-14-8-15(12-20)10-16(9-14)13-20/h14-18H,2-13H2,1H3. The quantitative estimate of drug-likeness (QED) is 0.798. The molecule has 128 valence electrons. The van der Waals surface area contributed by atoms with Gasteiger partial charge in [0.05, 0.1) is 5.41 Å². The molecule has 0 aromatic carbocycles. The predicted molar refractivity (Wildman–Crippen MR) is 91.0 cm³/mol. The van der Waals surface area contributed by atoms with Crippen molar-refractivity contribution in [2.75, 3.05) is 20.1 Å². The Hall–Kier alpha value is -0.570. The first-order chi connectivity index (χ1) is 11.1. The minimum Gasteiger partial charge on any atom is -0.336 e. The zero-order valence-corrected chi connectivity index (χ0v) is 14.7. The summed E-state index contributed by atoms with van der Waals surface area (Å²) in [4.78, 5) is 18.6. The molecule has 6 fully saturated rings. The van der Waals surface area contributed by atoms with Gasteiger partial charge in [-0.2, -0.15) is 0 Å². The molecule has 0 atom stereocenters. The van der Waals surface area contributed by atoms with Crippen LogP contribution in [0.5, 0.6) is 0 Å². The number of hydrogen-bond acceptors (Lipinski definition) is 2. The van der Waals surface area contributed by atoms with Crippen molar-refractivity contribution in [1.29, 1.82) is 0 Å². The maximum atomic E-state index is 13.8. The Morgan fingerprint density at radius 1 is 0.870 bits per heavy atom. The fourth-order valence-electron chi connectivity index (χ4n) is 6.90. The molecule has 0 aromatic heterocycles. The third kappa shape index (κ3) is 2.45. The van der Waals surface area contributed by atoms with Gasteiger partial charge in [0, 0.05) is 12.1 Å². The van der Waals surface area contributed by atoms with E-state index in [1.165, 1.54) is 77.3 Å². The second-order valence-corrected chi connectivity index (χ2v) is 9.68. The molecule has 1 aliphatic heterocycles. The second-order valence-electron chi connectivity index (χ2n) is 9.68. The topological polar surface area (TPSA) is 23.6 Å². The van der Waals surface area contributed by atoms with E-state index in [4.69, 9.17) is 0 Å². The van der Waals surface area contributed by atoms with Crippen LogP contribution in [0.1, 0.15) is 64.2 Å². The number of piperidine rings is 1. The van der Waals surface area contributed by atoms with Crippen molar-refractivity contribution >= 4 is 5.91 Å². The monoisotopic (exact) mass is 316 g/mol. The van der Waals surface area contributed by atoms with Crippen LogP contribution >= 0.6 is 0 Å². The summed E-state index contributed by atoms with van der Waals surface area (Å²) in [5.41, 5.74) is 0.0701. The number of likely N-dealkylation sites (tertiary alicyclic amines) is 1. The molecular formula is C20H32N2O. The Kier molecular flexibility index (Phi) is 3.34. The molecule has 1 saturated heterocycles. The normalized spacial score (nSPS) is 43.8. The summed E-state index contributed by atoms with van der Waals surface area (Å²) in [6.07, 6.45) is 12.9. The fourth-order valence-corrected chi connectivity index (χ4v) is 6.90. The zero-order chi connectivity index (χ0) is 15.6. The molecule has 1 amide bonds. The van der Waals surface area contributed by atoms with Gasteiger partial charge in [-0.1, -0.05) is 0 Å². The summed E-state index contributed by atoms with van der Waals surface area (Å²) in [6, 6.07) is 1.14. The van der Waals surface area contributed by atoms with E-state index >= 15 is 0 Å². The van der Waals surface area contributed by atoms with Crippen LogP contribution in [0.3, 0.4) is 0 Å². The molecule has 0 spiro atoms. The van der Waals surface area contributed by atoms with Crippen LogP contribution in [-0.4, -0.2) is 47.9 Å². The highest BCUT2D eigenvalue weighted by atomic mass is 16.2. The van der Waals surface area contributed by atoms with Gasteiger partial charge in [-0.3, -0.25) is 4.79 Å². The maximum Gasteiger partial charge on any atom is 0.229 e. The second kappa shape index (κ2) is 5.21. The van der Waals surface area contributed by atoms with E-state index in [0.29, 0.717) is 18.0 Å². The van der Waals surface area contributed by atoms with Gasteiger partial charge in [0.25, 0.3) is 0 Å². The number of amides is 1. The first-order valence-electron chi connectivity index (χ1n) is 10.1. The number of rotatable bonds is 3. The third-order valence-electron chi connectivity index (χ3n) is 7.75. The van der Waals surface area contributed by atoms with E-state index in [-0.39, 0.29) is 5.41 Å². The molecule has 6 rings (SSSR count). The van der Waals surface area contributed by atoms with E-state index in [2.05, 4.69) is 16.8 Å². The molecule has 0 aromatic rings. The van der Waals surface area contributed by atoms with Crippen molar-refractivity contribution in [1.82, 2.24) is 9.80 Å². The Morgan fingerprint density at radius 3 is 1.83 bits per heavy atom. The van der Waals surface area contributed by atoms with Gasteiger partial charge < -0.3 is 9.80 Å². The summed E-state index contributed by atoms with van der Waals surface area (Å²) < 4.78 is 0. The van der Waals surface area contributed by atoms with Crippen molar-refractivity contribution < 1.29 is 4.79 Å². The molecule has 1 heterocycles. The van der Waals surface area contributed by atoms with E-state index in [1.54, 1.807) is 0 Å². The number of carbonyl (C=O) groups excluding carboxylic acids is 1. The largest absolute Gasteiger partial charge is 0.336 e. The van der Waals surface area contributed by atoms with Crippen molar-refractivity contribution in [3.63, 3.8) is 0 Å². The number of nitrogens with zero attached hydrogens (tertiary/aromatic N) is 2. The first kappa shape index (κ1) is 14.7. The van der Waals surface area contributed by atoms with Gasteiger partial charge in [0.2, 0.25) is 5.91 Å². The van der Waals surface area contributed by atoms with Crippen LogP contribution in [0, 0.1) is 23.2 Å². The minimum atomic E-state index is 0.0701. The summed E-state index contributed by atoms with van der Waals surface area (Å²) in [5.74, 6) is 3.24. The lowest BCUT2D eigenvalue weighted by Crippen LogP contribution is -2.58. The van der Waals surface area contributed by atoms with E-state index < -0.39 is 0 Å². The molecule has 0 radical (unpaired) electrons. The zero-order valence-electron chi connectivity index (χ0n) is 14.7. The van der Waals surface area contributed by atoms with Crippen molar-refractivity contribution in [2.45, 2.75) is 76.3 Å². The van der Waals surface area contributed by atoms with Gasteiger partial charge in [-0.05, 0) is 102 Å². The third-order valence-corrected chi connectivity index (χ3v) is 7.75. The highest BCUT2D eigenvalue weighted by Gasteiger charge is 2.57. The number of hydrogen-bond donors (Lipinski definition) is 0. The molecule has 6 aliphatic rings. The van der Waals surface area contributed by atoms with Crippen molar-refractivity contribution in [3.8, 4) is 0 Å². The van der Waals surface area contributed by atoms with Crippen LogP contribution in [0.25, 0.3) is 0 Å². The van der Waals surface area contributed by atoms with E-state index in [0.717, 1.165) is 17.8 Å². The van der Waals surface area contributed by atoms with Crippen molar-refractivity contribution in [3.05, 3.63) is 0 Å². The first-order valence-corrected chi connectivity index (χ1v) is 10.1. The van der Waals surface area contributed by atoms with Gasteiger partial charge in [-0.25, -0.2) is 0 Å². The summed E-state index contributed by atoms with van der Waals surface area (Å²) >= 11 is 0. The van der Waals surface area contributed by atoms with E-state index in [9.17, 15) is 4.79 Å². The Morgan fingerprint density at radius 2 is 1.35 bits per heavy atom. The van der Waals surface area contributed by atoms with Crippen LogP contribution in [-0.2, 0) is 4.79 Å². The highest BCUT2D eigenvalue weighted by Crippen LogP contribution is 2.61. The lowest BCUT2D eigenvalue weighted by Gasteiger charge is -2.57. The molecular weight excluding hydrogens is 284 g/mol. The lowest BCUT2D eigenvalue weighted by atomic mass is 9.49. The van der Waals surface area contributed by atoms with Crippen LogP contribution in [0.4, 0.5) is 0 Å². The average molecular weight is 316 g/mol. The van der Waals surface area contributed by atoms with Gasteiger partial charge in [-0.15, -0.1) is 0 Å². The molecule has 0 N–H and O–H groups in total. The maximum absolute atomic E-state index is 13.8. The number of carbonyl (C=O) groups is 1.